The van der Waals surface area contributed by atoms with Crippen LogP contribution in [-0.4, -0.2) is 59.0 Å². The van der Waals surface area contributed by atoms with Crippen LogP contribution in [0.4, 0.5) is 0 Å². The summed E-state index contributed by atoms with van der Waals surface area (Å²) in [5, 5.41) is 18.2. The third-order valence-corrected chi connectivity index (χ3v) is 3.14. The van der Waals surface area contributed by atoms with E-state index in [1.807, 2.05) is 0 Å². The lowest BCUT2D eigenvalue weighted by Gasteiger charge is -2.28. The van der Waals surface area contributed by atoms with Crippen molar-refractivity contribution in [3.8, 4) is 0 Å². The van der Waals surface area contributed by atoms with Crippen molar-refractivity contribution in [2.24, 2.45) is 0 Å². The maximum absolute atomic E-state index is 11.5. The number of aliphatic hydroxyl groups is 2. The van der Waals surface area contributed by atoms with E-state index in [1.54, 1.807) is 6.92 Å². The summed E-state index contributed by atoms with van der Waals surface area (Å²) in [6.45, 7) is 4.91. The highest BCUT2D eigenvalue weighted by Crippen LogP contribution is 2.18. The van der Waals surface area contributed by atoms with Crippen molar-refractivity contribution in [1.29, 1.82) is 0 Å². The Balaban J connectivity index is 2.30. The van der Waals surface area contributed by atoms with Crippen LogP contribution in [-0.2, 0) is 9.53 Å². The first-order valence-electron chi connectivity index (χ1n) is 5.74. The maximum atomic E-state index is 11.5. The fraction of sp³-hybridized carbons (Fsp3) is 0.909. The minimum absolute atomic E-state index is 0.312. The minimum atomic E-state index is -1.11. The lowest BCUT2D eigenvalue weighted by molar-refractivity contribution is -0.170. The molecule has 0 aromatic rings. The van der Waals surface area contributed by atoms with E-state index in [0.29, 0.717) is 25.4 Å². The largest absolute Gasteiger partial charge is 0.454 e. The Kier molecular flexibility index (Phi) is 4.70. The molecule has 2 atom stereocenters. The normalized spacial score (nSPS) is 24.2. The van der Waals surface area contributed by atoms with Crippen molar-refractivity contribution in [2.75, 3.05) is 26.3 Å². The van der Waals surface area contributed by atoms with Gasteiger partial charge in [-0.1, -0.05) is 6.92 Å². The van der Waals surface area contributed by atoms with E-state index in [1.165, 1.54) is 0 Å². The molecule has 0 saturated carbocycles. The predicted octanol–water partition coefficient (Wildman–Crippen LogP) is -0.243. The molecule has 1 fully saturated rings. The number of hydrogen-bond acceptors (Lipinski definition) is 5. The molecule has 1 heterocycles. The number of nitrogens with zero attached hydrogens (tertiary/aromatic N) is 1. The van der Waals surface area contributed by atoms with Crippen LogP contribution < -0.4 is 0 Å². The van der Waals surface area contributed by atoms with Gasteiger partial charge in [-0.2, -0.15) is 0 Å². The number of esters is 1. The maximum Gasteiger partial charge on any atom is 0.307 e. The Labute approximate surface area is 96.0 Å². The van der Waals surface area contributed by atoms with Gasteiger partial charge in [0.1, 0.15) is 0 Å². The van der Waals surface area contributed by atoms with Crippen LogP contribution in [0.3, 0.4) is 0 Å². The summed E-state index contributed by atoms with van der Waals surface area (Å²) >= 11 is 0. The molecule has 0 aromatic heterocycles. The highest BCUT2D eigenvalue weighted by atomic mass is 16.6. The van der Waals surface area contributed by atoms with Crippen molar-refractivity contribution in [3.63, 3.8) is 0 Å². The third-order valence-electron chi connectivity index (χ3n) is 3.14. The van der Waals surface area contributed by atoms with E-state index >= 15 is 0 Å². The summed E-state index contributed by atoms with van der Waals surface area (Å²) in [7, 11) is 0. The summed E-state index contributed by atoms with van der Waals surface area (Å²) in [5.41, 5.74) is -1.11. The molecule has 16 heavy (non-hydrogen) atoms. The molecule has 0 bridgehead atoms. The predicted molar refractivity (Wildman–Crippen MR) is 58.9 cm³/mol. The van der Waals surface area contributed by atoms with Crippen molar-refractivity contribution in [3.05, 3.63) is 0 Å². The molecule has 1 aliphatic rings. The van der Waals surface area contributed by atoms with E-state index in [9.17, 15) is 4.79 Å². The van der Waals surface area contributed by atoms with Gasteiger partial charge >= 0.3 is 5.97 Å². The highest BCUT2D eigenvalue weighted by Gasteiger charge is 2.33. The van der Waals surface area contributed by atoms with Crippen LogP contribution in [0.25, 0.3) is 0 Å². The minimum Gasteiger partial charge on any atom is -0.454 e. The zero-order valence-corrected chi connectivity index (χ0v) is 9.98. The first kappa shape index (κ1) is 13.4. The van der Waals surface area contributed by atoms with Gasteiger partial charge in [-0.3, -0.25) is 9.69 Å². The fourth-order valence-corrected chi connectivity index (χ4v) is 1.54. The molecule has 2 N–H and O–H groups in total. The zero-order valence-electron chi connectivity index (χ0n) is 9.98. The monoisotopic (exact) mass is 231 g/mol. The number of rotatable bonds is 7. The molecule has 0 radical (unpaired) electrons. The molecule has 5 nitrogen and oxygen atoms in total. The average molecular weight is 231 g/mol. The molecule has 94 valence electrons. The van der Waals surface area contributed by atoms with Gasteiger partial charge in [-0.05, 0) is 13.3 Å². The van der Waals surface area contributed by atoms with E-state index in [-0.39, 0.29) is 19.2 Å². The number of aliphatic hydroxyl groups excluding tert-OH is 2. The number of hydrogen-bond donors (Lipinski definition) is 2. The quantitative estimate of drug-likeness (QED) is 0.467. The zero-order chi connectivity index (χ0) is 12.2. The van der Waals surface area contributed by atoms with E-state index < -0.39 is 5.60 Å². The summed E-state index contributed by atoms with van der Waals surface area (Å²) in [6, 6.07) is 0.569. The lowest BCUT2D eigenvalue weighted by Crippen LogP contribution is -2.42. The van der Waals surface area contributed by atoms with E-state index in [0.717, 1.165) is 6.54 Å². The van der Waals surface area contributed by atoms with Gasteiger partial charge in [0.2, 0.25) is 0 Å². The lowest BCUT2D eigenvalue weighted by atomic mass is 10.0. The van der Waals surface area contributed by atoms with Gasteiger partial charge in [0.25, 0.3) is 0 Å². The van der Waals surface area contributed by atoms with Crippen molar-refractivity contribution < 1.29 is 19.7 Å². The Hall–Kier alpha value is -0.650. The second kappa shape index (κ2) is 5.61. The van der Waals surface area contributed by atoms with Gasteiger partial charge < -0.3 is 14.9 Å². The third kappa shape index (κ3) is 3.43. The Morgan fingerprint density at radius 2 is 2.06 bits per heavy atom. The van der Waals surface area contributed by atoms with Crippen LogP contribution in [0.5, 0.6) is 0 Å². The van der Waals surface area contributed by atoms with Crippen LogP contribution in [0, 0.1) is 0 Å². The molecule has 1 aliphatic heterocycles. The van der Waals surface area contributed by atoms with Gasteiger partial charge in [0.15, 0.2) is 5.60 Å². The molecule has 5 heteroatoms. The first-order chi connectivity index (χ1) is 7.56. The summed E-state index contributed by atoms with van der Waals surface area (Å²) in [6.07, 6.45) is 0.720. The molecule has 0 aromatic carbocycles. The fourth-order valence-electron chi connectivity index (χ4n) is 1.54. The summed E-state index contributed by atoms with van der Waals surface area (Å²) in [5.74, 6) is -0.357. The molecular formula is C11H21NO4. The first-order valence-corrected chi connectivity index (χ1v) is 5.74. The van der Waals surface area contributed by atoms with E-state index in [2.05, 4.69) is 11.8 Å². The molecule has 0 aliphatic carbocycles. The van der Waals surface area contributed by atoms with Crippen molar-refractivity contribution >= 4 is 5.97 Å². The SMILES string of the molecule is CCC(CO)(CO)OC(=O)CCN1CC1C. The van der Waals surface area contributed by atoms with E-state index in [4.69, 9.17) is 14.9 Å². The number of carbonyl (C=O) groups is 1. The van der Waals surface area contributed by atoms with Gasteiger partial charge in [-0.15, -0.1) is 0 Å². The Morgan fingerprint density at radius 3 is 2.44 bits per heavy atom. The smallest absolute Gasteiger partial charge is 0.307 e. The average Bonchev–Trinajstić information content (AvgIpc) is 3.00. The number of carbonyl (C=O) groups excluding carboxylic acids is 1. The van der Waals surface area contributed by atoms with Crippen LogP contribution in [0.1, 0.15) is 26.7 Å². The molecular weight excluding hydrogens is 210 g/mol. The molecule has 0 amide bonds. The molecule has 1 rings (SSSR count). The second-order valence-corrected chi connectivity index (χ2v) is 4.42. The topological polar surface area (TPSA) is 69.8 Å². The van der Waals surface area contributed by atoms with Crippen molar-refractivity contribution in [1.82, 2.24) is 4.90 Å². The highest BCUT2D eigenvalue weighted by molar-refractivity contribution is 5.70. The standard InChI is InChI=1S/C11H21NO4/c1-3-11(7-13,8-14)16-10(15)4-5-12-6-9(12)2/h9,13-14H,3-8H2,1-2H3. The van der Waals surface area contributed by atoms with Gasteiger partial charge in [0, 0.05) is 19.1 Å². The summed E-state index contributed by atoms with van der Waals surface area (Å²) < 4.78 is 5.13. The summed E-state index contributed by atoms with van der Waals surface area (Å²) in [4.78, 5) is 13.7. The second-order valence-electron chi connectivity index (χ2n) is 4.42. The van der Waals surface area contributed by atoms with Gasteiger partial charge in [-0.25, -0.2) is 0 Å². The molecule has 0 spiro atoms. The molecule has 2 unspecified atom stereocenters. The van der Waals surface area contributed by atoms with Crippen LogP contribution >= 0.6 is 0 Å². The van der Waals surface area contributed by atoms with Crippen LogP contribution in [0.2, 0.25) is 0 Å². The van der Waals surface area contributed by atoms with Crippen molar-refractivity contribution in [2.45, 2.75) is 38.3 Å². The Bertz CT molecular complexity index is 232. The molecule has 1 saturated heterocycles. The van der Waals surface area contributed by atoms with Crippen LogP contribution in [0.15, 0.2) is 0 Å². The number of ether oxygens (including phenoxy) is 1. The Morgan fingerprint density at radius 1 is 1.50 bits per heavy atom. The van der Waals surface area contributed by atoms with Gasteiger partial charge in [0.05, 0.1) is 19.6 Å².